The minimum Gasteiger partial charge on any atom is -0.472 e. The molecule has 0 fully saturated rings. The zero-order chi connectivity index (χ0) is 17.2. The molecule has 1 amide bonds. The van der Waals surface area contributed by atoms with Crippen LogP contribution in [0.25, 0.3) is 11.3 Å². The Kier molecular flexibility index (Phi) is 4.23. The van der Waals surface area contributed by atoms with Gasteiger partial charge in [-0.05, 0) is 12.5 Å². The third kappa shape index (κ3) is 3.28. The zero-order valence-electron chi connectivity index (χ0n) is 13.4. The van der Waals surface area contributed by atoms with Crippen LogP contribution in [0.5, 0.6) is 0 Å². The van der Waals surface area contributed by atoms with E-state index in [4.69, 9.17) is 16.0 Å². The molecule has 0 spiro atoms. The number of aromatic nitrogens is 4. The van der Waals surface area contributed by atoms with Gasteiger partial charge in [0.25, 0.3) is 0 Å². The van der Waals surface area contributed by atoms with E-state index in [0.717, 1.165) is 22.5 Å². The number of fused-ring (bicyclic) bond motifs is 1. The molecule has 4 rings (SSSR count). The lowest BCUT2D eigenvalue weighted by Crippen LogP contribution is -2.36. The van der Waals surface area contributed by atoms with Crippen molar-refractivity contribution in [1.82, 2.24) is 24.6 Å². The Balaban J connectivity index is 1.52. The summed E-state index contributed by atoms with van der Waals surface area (Å²) in [5.74, 6) is 0.0189. The predicted molar refractivity (Wildman–Crippen MR) is 91.0 cm³/mol. The van der Waals surface area contributed by atoms with E-state index in [-0.39, 0.29) is 12.5 Å². The number of rotatable bonds is 3. The molecular formula is C17H16ClN5O2. The van der Waals surface area contributed by atoms with Gasteiger partial charge in [-0.3, -0.25) is 9.48 Å². The molecule has 1 aliphatic heterocycles. The monoisotopic (exact) mass is 357 g/mol. The van der Waals surface area contributed by atoms with E-state index in [1.54, 1.807) is 29.7 Å². The van der Waals surface area contributed by atoms with Crippen LogP contribution in [0.3, 0.4) is 0 Å². The average molecular weight is 358 g/mol. The molecule has 3 aromatic heterocycles. The number of hydrogen-bond donors (Lipinski definition) is 0. The van der Waals surface area contributed by atoms with E-state index in [1.807, 2.05) is 11.0 Å². The van der Waals surface area contributed by atoms with Gasteiger partial charge in [-0.15, -0.1) is 0 Å². The van der Waals surface area contributed by atoms with Gasteiger partial charge in [-0.1, -0.05) is 11.6 Å². The van der Waals surface area contributed by atoms with Gasteiger partial charge in [0.05, 0.1) is 29.4 Å². The highest BCUT2D eigenvalue weighted by atomic mass is 35.5. The molecule has 0 aromatic carbocycles. The fourth-order valence-electron chi connectivity index (χ4n) is 3.09. The quantitative estimate of drug-likeness (QED) is 0.718. The van der Waals surface area contributed by atoms with Gasteiger partial charge in [0.1, 0.15) is 12.9 Å². The Bertz CT molecular complexity index is 890. The number of furan rings is 1. The molecule has 0 atom stereocenters. The van der Waals surface area contributed by atoms with Gasteiger partial charge in [0, 0.05) is 42.5 Å². The maximum absolute atomic E-state index is 12.6. The first-order chi connectivity index (χ1) is 12.2. The summed E-state index contributed by atoms with van der Waals surface area (Å²) in [6, 6.07) is 1.89. The molecule has 0 saturated carbocycles. The summed E-state index contributed by atoms with van der Waals surface area (Å²) in [6.45, 7) is 1.44. The highest BCUT2D eigenvalue weighted by molar-refractivity contribution is 6.30. The Morgan fingerprint density at radius 2 is 2.16 bits per heavy atom. The van der Waals surface area contributed by atoms with Crippen molar-refractivity contribution in [3.05, 3.63) is 53.6 Å². The second-order valence-corrected chi connectivity index (χ2v) is 6.33. The van der Waals surface area contributed by atoms with E-state index >= 15 is 0 Å². The molecular weight excluding hydrogens is 342 g/mol. The van der Waals surface area contributed by atoms with Gasteiger partial charge >= 0.3 is 0 Å². The largest absolute Gasteiger partial charge is 0.472 e. The summed E-state index contributed by atoms with van der Waals surface area (Å²) in [5.41, 5.74) is 3.89. The molecule has 0 unspecified atom stereocenters. The third-order valence-corrected chi connectivity index (χ3v) is 4.53. The van der Waals surface area contributed by atoms with Gasteiger partial charge in [-0.2, -0.15) is 5.10 Å². The summed E-state index contributed by atoms with van der Waals surface area (Å²) in [4.78, 5) is 23.2. The van der Waals surface area contributed by atoms with Crippen LogP contribution in [-0.2, 0) is 24.2 Å². The highest BCUT2D eigenvalue weighted by Gasteiger charge is 2.22. The van der Waals surface area contributed by atoms with Gasteiger partial charge in [0.15, 0.2) is 0 Å². The number of nitrogens with zero attached hydrogens (tertiary/aromatic N) is 5. The lowest BCUT2D eigenvalue weighted by atomic mass is 10.0. The summed E-state index contributed by atoms with van der Waals surface area (Å²) in [5, 5.41) is 4.59. The minimum absolute atomic E-state index is 0.0189. The fraction of sp³-hybridized carbons (Fsp3) is 0.294. The van der Waals surface area contributed by atoms with Crippen molar-refractivity contribution in [2.45, 2.75) is 19.4 Å². The molecule has 8 heteroatoms. The molecule has 1 aliphatic rings. The first kappa shape index (κ1) is 15.8. The zero-order valence-corrected chi connectivity index (χ0v) is 14.2. The minimum atomic E-state index is 0.0189. The molecule has 0 radical (unpaired) electrons. The Hall–Kier alpha value is -2.67. The van der Waals surface area contributed by atoms with E-state index in [0.29, 0.717) is 31.0 Å². The van der Waals surface area contributed by atoms with Gasteiger partial charge < -0.3 is 9.32 Å². The summed E-state index contributed by atoms with van der Waals surface area (Å²) >= 11 is 5.85. The van der Waals surface area contributed by atoms with Crippen LogP contribution in [0.1, 0.15) is 11.3 Å². The van der Waals surface area contributed by atoms with Crippen molar-refractivity contribution in [3.8, 4) is 11.3 Å². The Morgan fingerprint density at radius 3 is 2.92 bits per heavy atom. The van der Waals surface area contributed by atoms with Crippen LogP contribution in [-0.4, -0.2) is 43.6 Å². The van der Waals surface area contributed by atoms with Crippen molar-refractivity contribution < 1.29 is 9.21 Å². The summed E-state index contributed by atoms with van der Waals surface area (Å²) in [7, 11) is 0. The molecule has 0 saturated heterocycles. The topological polar surface area (TPSA) is 77.1 Å². The predicted octanol–water partition coefficient (Wildman–Crippen LogP) is 2.21. The van der Waals surface area contributed by atoms with Gasteiger partial charge in [0.2, 0.25) is 5.91 Å². The van der Waals surface area contributed by atoms with Crippen LogP contribution >= 0.6 is 11.6 Å². The van der Waals surface area contributed by atoms with Crippen molar-refractivity contribution >= 4 is 17.5 Å². The van der Waals surface area contributed by atoms with E-state index in [9.17, 15) is 4.79 Å². The van der Waals surface area contributed by atoms with Crippen LogP contribution in [0, 0.1) is 0 Å². The lowest BCUT2D eigenvalue weighted by Gasteiger charge is -2.20. The lowest BCUT2D eigenvalue weighted by molar-refractivity contribution is -0.131. The number of halogens is 1. The number of hydrogen-bond acceptors (Lipinski definition) is 5. The van der Waals surface area contributed by atoms with Crippen molar-refractivity contribution in [1.29, 1.82) is 0 Å². The number of amides is 1. The smallest absolute Gasteiger partial charge is 0.244 e. The molecule has 3 aromatic rings. The maximum atomic E-state index is 12.6. The van der Waals surface area contributed by atoms with Crippen LogP contribution < -0.4 is 0 Å². The molecule has 0 bridgehead atoms. The average Bonchev–Trinajstić information content (AvgIpc) is 3.22. The van der Waals surface area contributed by atoms with Crippen LogP contribution in [0.2, 0.25) is 5.02 Å². The normalized spacial score (nSPS) is 14.2. The Morgan fingerprint density at radius 1 is 1.28 bits per heavy atom. The first-order valence-electron chi connectivity index (χ1n) is 8.02. The maximum Gasteiger partial charge on any atom is 0.244 e. The van der Waals surface area contributed by atoms with Crippen molar-refractivity contribution in [3.63, 3.8) is 0 Å². The van der Waals surface area contributed by atoms with Crippen LogP contribution in [0.15, 0.2) is 41.7 Å². The molecule has 25 heavy (non-hydrogen) atoms. The summed E-state index contributed by atoms with van der Waals surface area (Å²) in [6.07, 6.45) is 9.47. The number of carbonyl (C=O) groups is 1. The van der Waals surface area contributed by atoms with Crippen molar-refractivity contribution in [2.75, 3.05) is 13.1 Å². The molecule has 4 heterocycles. The highest BCUT2D eigenvalue weighted by Crippen LogP contribution is 2.26. The fourth-order valence-corrected chi connectivity index (χ4v) is 3.24. The van der Waals surface area contributed by atoms with Crippen LogP contribution in [0.4, 0.5) is 0 Å². The molecule has 7 nitrogen and oxygen atoms in total. The second-order valence-electron chi connectivity index (χ2n) is 5.90. The summed E-state index contributed by atoms with van der Waals surface area (Å²) < 4.78 is 6.73. The SMILES string of the molecule is O=C(Cn1cc(Cl)cn1)N1CCc2ncnc(-c3ccoc3)c2CC1. The van der Waals surface area contributed by atoms with E-state index < -0.39 is 0 Å². The number of carbonyl (C=O) groups excluding carboxylic acids is 1. The van der Waals surface area contributed by atoms with E-state index in [2.05, 4.69) is 15.1 Å². The van der Waals surface area contributed by atoms with Crippen molar-refractivity contribution in [2.24, 2.45) is 0 Å². The van der Waals surface area contributed by atoms with Gasteiger partial charge in [-0.25, -0.2) is 9.97 Å². The standard InChI is InChI=1S/C17H16ClN5O2/c18-13-7-21-23(8-13)9-16(24)22-4-1-14-15(2-5-22)19-11-20-17(14)12-3-6-25-10-12/h3,6-8,10-11H,1-2,4-5,9H2. The second kappa shape index (κ2) is 6.68. The molecule has 0 aliphatic carbocycles. The molecule has 0 N–H and O–H groups in total. The van der Waals surface area contributed by atoms with E-state index in [1.165, 1.54) is 6.20 Å². The molecule has 128 valence electrons. The first-order valence-corrected chi connectivity index (χ1v) is 8.39. The Labute approximate surface area is 149 Å². The third-order valence-electron chi connectivity index (χ3n) is 4.33.